The largest absolute Gasteiger partial charge is 0.370 e. The number of carbonyl (C=O) groups is 1. The Morgan fingerprint density at radius 3 is 2.75 bits per heavy atom. The lowest BCUT2D eigenvalue weighted by Crippen LogP contribution is -2.41. The van der Waals surface area contributed by atoms with Gasteiger partial charge in [-0.3, -0.25) is 9.69 Å². The maximum absolute atomic E-state index is 12.2. The van der Waals surface area contributed by atoms with E-state index in [-0.39, 0.29) is 5.91 Å². The number of nitrogens with two attached hydrogens (primary N) is 1. The topological polar surface area (TPSA) is 61.6 Å². The lowest BCUT2D eigenvalue weighted by Gasteiger charge is -2.25. The zero-order valence-corrected chi connectivity index (χ0v) is 15.3. The van der Waals surface area contributed by atoms with E-state index in [0.717, 1.165) is 25.9 Å². The molecule has 5 heteroatoms. The number of rotatable bonds is 8. The van der Waals surface area contributed by atoms with Crippen molar-refractivity contribution in [2.45, 2.75) is 45.2 Å². The number of carbonyl (C=O) groups excluding carboxylic acids is 1. The van der Waals surface area contributed by atoms with Crippen LogP contribution in [0.5, 0.6) is 0 Å². The second-order valence-corrected chi connectivity index (χ2v) is 6.76. The SMILES string of the molecule is CCN(CCNC(=O)C[C@@H]1CC[C@H](CN)N1C)c1cccc(C)c1. The second kappa shape index (κ2) is 9.04. The maximum Gasteiger partial charge on any atom is 0.221 e. The predicted octanol–water partition coefficient (Wildman–Crippen LogP) is 1.75. The molecule has 1 aromatic rings. The number of benzene rings is 1. The number of hydrogen-bond acceptors (Lipinski definition) is 4. The number of amides is 1. The summed E-state index contributed by atoms with van der Waals surface area (Å²) in [5.41, 5.74) is 8.24. The van der Waals surface area contributed by atoms with Gasteiger partial charge >= 0.3 is 0 Å². The Labute approximate surface area is 146 Å². The van der Waals surface area contributed by atoms with Gasteiger partial charge in [0, 0.05) is 50.4 Å². The van der Waals surface area contributed by atoms with E-state index < -0.39 is 0 Å². The standard InChI is InChI=1S/C19H32N4O/c1-4-23(17-7-5-6-15(2)12-17)11-10-21-19(24)13-16-8-9-18(14-20)22(16)3/h5-7,12,16,18H,4,8-11,13-14,20H2,1-3H3,(H,21,24)/t16-,18+/m0/s1. The van der Waals surface area contributed by atoms with Crippen molar-refractivity contribution in [3.63, 3.8) is 0 Å². The van der Waals surface area contributed by atoms with Gasteiger partial charge in [-0.25, -0.2) is 0 Å². The van der Waals surface area contributed by atoms with E-state index in [4.69, 9.17) is 5.73 Å². The highest BCUT2D eigenvalue weighted by molar-refractivity contribution is 5.76. The van der Waals surface area contributed by atoms with Crippen LogP contribution in [0.15, 0.2) is 24.3 Å². The van der Waals surface area contributed by atoms with E-state index in [1.807, 2.05) is 0 Å². The Balaban J connectivity index is 1.75. The zero-order chi connectivity index (χ0) is 17.5. The third kappa shape index (κ3) is 4.95. The van der Waals surface area contributed by atoms with Gasteiger partial charge in [-0.2, -0.15) is 0 Å². The summed E-state index contributed by atoms with van der Waals surface area (Å²) in [5, 5.41) is 3.07. The van der Waals surface area contributed by atoms with E-state index in [2.05, 4.69) is 60.3 Å². The van der Waals surface area contributed by atoms with Crippen molar-refractivity contribution < 1.29 is 4.79 Å². The van der Waals surface area contributed by atoms with Crippen molar-refractivity contribution in [3.8, 4) is 0 Å². The number of nitrogens with one attached hydrogen (secondary N) is 1. The summed E-state index contributed by atoms with van der Waals surface area (Å²) in [4.78, 5) is 16.8. The molecule has 1 fully saturated rings. The van der Waals surface area contributed by atoms with Crippen molar-refractivity contribution in [2.75, 3.05) is 38.1 Å². The van der Waals surface area contributed by atoms with Gasteiger partial charge in [0.05, 0.1) is 0 Å². The smallest absolute Gasteiger partial charge is 0.221 e. The average Bonchev–Trinajstić information content (AvgIpc) is 2.91. The number of anilines is 1. The highest BCUT2D eigenvalue weighted by Gasteiger charge is 2.30. The van der Waals surface area contributed by atoms with E-state index in [9.17, 15) is 4.79 Å². The summed E-state index contributed by atoms with van der Waals surface area (Å²) < 4.78 is 0. The van der Waals surface area contributed by atoms with Crippen LogP contribution >= 0.6 is 0 Å². The third-order valence-electron chi connectivity index (χ3n) is 5.13. The van der Waals surface area contributed by atoms with E-state index in [1.165, 1.54) is 11.3 Å². The molecule has 5 nitrogen and oxygen atoms in total. The van der Waals surface area contributed by atoms with Crippen LogP contribution in [0, 0.1) is 6.92 Å². The fourth-order valence-electron chi connectivity index (χ4n) is 3.53. The Bertz CT molecular complexity index is 534. The quantitative estimate of drug-likeness (QED) is 0.761. The molecular formula is C19H32N4O. The lowest BCUT2D eigenvalue weighted by atomic mass is 10.1. The molecule has 0 bridgehead atoms. The molecule has 1 aliphatic rings. The second-order valence-electron chi connectivity index (χ2n) is 6.76. The number of nitrogens with zero attached hydrogens (tertiary/aromatic N) is 2. The Kier molecular flexibility index (Phi) is 7.06. The summed E-state index contributed by atoms with van der Waals surface area (Å²) in [6, 6.07) is 9.25. The van der Waals surface area contributed by atoms with E-state index >= 15 is 0 Å². The van der Waals surface area contributed by atoms with Crippen LogP contribution in [0.1, 0.15) is 31.7 Å². The minimum atomic E-state index is 0.143. The van der Waals surface area contributed by atoms with Gasteiger partial charge in [-0.15, -0.1) is 0 Å². The molecule has 1 aromatic carbocycles. The summed E-state index contributed by atoms with van der Waals surface area (Å²) in [6.07, 6.45) is 2.74. The van der Waals surface area contributed by atoms with Gasteiger partial charge in [-0.1, -0.05) is 12.1 Å². The summed E-state index contributed by atoms with van der Waals surface area (Å²) >= 11 is 0. The summed E-state index contributed by atoms with van der Waals surface area (Å²) in [7, 11) is 2.08. The van der Waals surface area contributed by atoms with Gasteiger partial charge in [0.25, 0.3) is 0 Å². The van der Waals surface area contributed by atoms with Gasteiger partial charge in [0.1, 0.15) is 0 Å². The molecule has 0 saturated carbocycles. The van der Waals surface area contributed by atoms with Gasteiger partial charge < -0.3 is 16.0 Å². The van der Waals surface area contributed by atoms with Crippen LogP contribution in [-0.4, -0.2) is 56.1 Å². The van der Waals surface area contributed by atoms with Crippen molar-refractivity contribution >= 4 is 11.6 Å². The monoisotopic (exact) mass is 332 g/mol. The molecule has 1 amide bonds. The number of hydrogen-bond donors (Lipinski definition) is 2. The van der Waals surface area contributed by atoms with Crippen molar-refractivity contribution in [2.24, 2.45) is 5.73 Å². The van der Waals surface area contributed by atoms with Crippen molar-refractivity contribution in [3.05, 3.63) is 29.8 Å². The normalized spacial score (nSPS) is 21.0. The summed E-state index contributed by atoms with van der Waals surface area (Å²) in [6.45, 7) is 7.37. The molecule has 134 valence electrons. The molecule has 0 aromatic heterocycles. The highest BCUT2D eigenvalue weighted by atomic mass is 16.1. The lowest BCUT2D eigenvalue weighted by molar-refractivity contribution is -0.122. The first-order valence-corrected chi connectivity index (χ1v) is 9.05. The van der Waals surface area contributed by atoms with Crippen LogP contribution in [0.2, 0.25) is 0 Å². The Morgan fingerprint density at radius 1 is 1.38 bits per heavy atom. The van der Waals surface area contributed by atoms with Crippen LogP contribution in [-0.2, 0) is 4.79 Å². The first-order valence-electron chi connectivity index (χ1n) is 9.05. The number of aryl methyl sites for hydroxylation is 1. The molecule has 0 aliphatic carbocycles. The molecule has 1 saturated heterocycles. The molecule has 2 rings (SSSR count). The van der Waals surface area contributed by atoms with Crippen LogP contribution < -0.4 is 16.0 Å². The zero-order valence-electron chi connectivity index (χ0n) is 15.3. The number of likely N-dealkylation sites (tertiary alicyclic amines) is 1. The molecule has 1 aliphatic heterocycles. The fraction of sp³-hybridized carbons (Fsp3) is 0.632. The predicted molar refractivity (Wildman–Crippen MR) is 100 cm³/mol. The molecule has 24 heavy (non-hydrogen) atoms. The third-order valence-corrected chi connectivity index (χ3v) is 5.13. The number of likely N-dealkylation sites (N-methyl/N-ethyl adjacent to an activating group) is 2. The minimum absolute atomic E-state index is 0.143. The van der Waals surface area contributed by atoms with Gasteiger partial charge in [-0.05, 0) is 51.4 Å². The first kappa shape index (κ1) is 18.7. The van der Waals surface area contributed by atoms with E-state index in [0.29, 0.717) is 31.6 Å². The molecule has 2 atom stereocenters. The van der Waals surface area contributed by atoms with E-state index in [1.54, 1.807) is 0 Å². The van der Waals surface area contributed by atoms with Gasteiger partial charge in [0.2, 0.25) is 5.91 Å². The fourth-order valence-corrected chi connectivity index (χ4v) is 3.53. The Hall–Kier alpha value is -1.59. The molecule has 0 radical (unpaired) electrons. The minimum Gasteiger partial charge on any atom is -0.370 e. The molecule has 0 spiro atoms. The Morgan fingerprint density at radius 2 is 2.12 bits per heavy atom. The first-order chi connectivity index (χ1) is 11.5. The van der Waals surface area contributed by atoms with Crippen molar-refractivity contribution in [1.29, 1.82) is 0 Å². The van der Waals surface area contributed by atoms with Crippen molar-refractivity contribution in [1.82, 2.24) is 10.2 Å². The molecule has 3 N–H and O–H groups in total. The molecule has 1 heterocycles. The maximum atomic E-state index is 12.2. The average molecular weight is 332 g/mol. The molecular weight excluding hydrogens is 300 g/mol. The highest BCUT2D eigenvalue weighted by Crippen LogP contribution is 2.23. The van der Waals surface area contributed by atoms with Gasteiger partial charge in [0.15, 0.2) is 0 Å². The van der Waals surface area contributed by atoms with Crippen LogP contribution in [0.3, 0.4) is 0 Å². The summed E-state index contributed by atoms with van der Waals surface area (Å²) in [5.74, 6) is 0.143. The van der Waals surface area contributed by atoms with Crippen LogP contribution in [0.25, 0.3) is 0 Å². The molecule has 0 unspecified atom stereocenters. The van der Waals surface area contributed by atoms with Crippen LogP contribution in [0.4, 0.5) is 5.69 Å².